The molecule has 18 atom stereocenters. The van der Waals surface area contributed by atoms with Gasteiger partial charge in [-0.25, -0.2) is 0 Å². The van der Waals surface area contributed by atoms with Crippen molar-refractivity contribution in [2.24, 2.45) is 104 Å². The topological polar surface area (TPSA) is 452 Å². The van der Waals surface area contributed by atoms with Gasteiger partial charge in [-0.3, -0.25) is 28.8 Å². The van der Waals surface area contributed by atoms with Crippen LogP contribution in [0.15, 0.2) is 25.3 Å². The summed E-state index contributed by atoms with van der Waals surface area (Å²) in [7, 11) is 17.5. The van der Waals surface area contributed by atoms with Crippen molar-refractivity contribution in [2.45, 2.75) is 417 Å². The molecule has 0 spiro atoms. The zero-order chi connectivity index (χ0) is 109. The number of carbonyl (C=O) groups excluding carboxylic acids is 6. The average Bonchev–Trinajstić information content (AvgIpc) is 1.61. The Morgan fingerprint density at radius 3 is 0.838 bits per heavy atom. The maximum Gasteiger partial charge on any atom is 0.488 e. The number of nitrogens with two attached hydrogens (primary N) is 2. The molecule has 8 fully saturated rings. The zero-order valence-corrected chi connectivity index (χ0v) is 94.4. The van der Waals surface area contributed by atoms with Crippen molar-refractivity contribution in [3.8, 4) is 0 Å². The third kappa shape index (κ3) is 46.4. The molecule has 8 aliphatic rings. The van der Waals surface area contributed by atoms with Crippen LogP contribution in [0, 0.1) is 92.7 Å². The molecule has 825 valence electrons. The fourth-order valence-electron chi connectivity index (χ4n) is 21.6. The predicted octanol–water partition coefficient (Wildman–Crippen LogP) is 14.1. The number of aliphatic carboxylic acids is 2. The van der Waals surface area contributed by atoms with Crippen LogP contribution in [0.5, 0.6) is 0 Å². The summed E-state index contributed by atoms with van der Waals surface area (Å²) in [6.45, 7) is 63.7. The summed E-state index contributed by atoms with van der Waals surface area (Å²) in [5.41, 5.74) is 6.90. The SMILES string of the molecule is C.C.C=C[C@@H]1CC[C@@H](CC)[C@@](C)(C(=O)NC(C)(C)C)C1.C=C[C@@H]1CC[C@@H](CN(C)C)[C@@](C)(C(=O)NC(C)(C)C)C1.CC1(C)O[B]OC1(C)C.CN(C)C[C@@H]1CC[C@@H](CCB(O)O)C[C@]1(C)C(=O)NC(C)(C)C.CN(C)C[C@@H]1CC[C@@H](CCB(O)O)C[C@]1(N)C(=O)O.CN(C)C[C@@H]1CC[C@@H](CCB(O)O)C[C@]1(N)C(=O)O.CN(C)C[C@@H]1CC[C@@H](CCB2OC(C)(C)C(C)(C)O2)C[C@]1(C)C(=O)NC(C)(C)C.O=C=O. The molecule has 0 aromatic heterocycles. The molecule has 1 radical (unpaired) electrons. The van der Waals surface area contributed by atoms with E-state index in [1.54, 1.807) is 0 Å². The standard InChI is InChI=1S/C23H45BN2O3.C17H35BN2O3.C17H32N2O.C16H29NO.2C12H25BN2O4.C6H12BO2.CO2.2CH4/c1-20(2,3)25-19(27)23(8)15-17(11-12-18(23)16-26(9)10)13-14-24-28-21(4,5)22(6,7)29-24;1-16(2,3)19-15(21)17(4)11-13(9-10-18(22)23)7-8-14(17)12-20(5)6;1-8-13-9-10-14(12-19(6)7)17(5,11-13)15(20)18-16(2,3)4;1-7-12-9-10-13(8-2)16(6,11-12)14(18)17-15(3,4)5;2*1-15(2)8-10-4-3-9(5-6-13(18)19)7-12(10,14)11(16)17;1-5(2)6(3,4)9-7-8-5;2-1-3;;/h17-18H,11-16H2,1-10H3,(H,25,27);13-14,22-23H,7-12H2,1-6H3,(H,19,21);8,13-14H,1,9-12H2,2-7H3,(H,18,20);7,12-13H,1,8-11H2,2-6H3,(H,17,18);2*9-10,18-19H,3-8,14H2,1-2H3,(H,16,17);1-4H3;;2*1H4/t17-,18-,23-;13-,14-,17-;13-,14+,17+;12-,13-,16+;2*9-,10-,12+;;;;/m001100..../s1. The van der Waals surface area contributed by atoms with E-state index in [9.17, 15) is 39.0 Å². The molecule has 0 aromatic carbocycles. The number of nitrogens with zero attached hydrogens (tertiary/aromatic N) is 5. The summed E-state index contributed by atoms with van der Waals surface area (Å²) in [6.07, 6.45) is 26.9. The Bertz CT molecular complexity index is 3690. The summed E-state index contributed by atoms with van der Waals surface area (Å²) in [5, 5.41) is 85.5. The van der Waals surface area contributed by atoms with Crippen LogP contribution in [-0.4, -0.2) is 302 Å². The molecule has 0 bridgehead atoms. The summed E-state index contributed by atoms with van der Waals surface area (Å²) in [6, 6.07) is 0. The molecule has 0 unspecified atom stereocenters. The van der Waals surface area contributed by atoms with Crippen molar-refractivity contribution in [2.75, 3.05) is 103 Å². The first-order chi connectivity index (χ1) is 63.7. The summed E-state index contributed by atoms with van der Waals surface area (Å²) < 4.78 is 22.8. The van der Waals surface area contributed by atoms with E-state index in [2.05, 4.69) is 174 Å². The number of hydrogen-bond donors (Lipinski definition) is 14. The molecular formula is C106H211B5N11O20. The highest BCUT2D eigenvalue weighted by molar-refractivity contribution is 6.45. The lowest BCUT2D eigenvalue weighted by atomic mass is 9.61. The second-order valence-corrected chi connectivity index (χ2v) is 51.1. The van der Waals surface area contributed by atoms with Gasteiger partial charge in [-0.2, -0.15) is 9.59 Å². The molecule has 2 saturated heterocycles. The van der Waals surface area contributed by atoms with E-state index >= 15 is 0 Å². The monoisotopic (exact) mass is 2010 g/mol. The third-order valence-corrected chi connectivity index (χ3v) is 31.2. The molecule has 2 heterocycles. The third-order valence-electron chi connectivity index (χ3n) is 31.2. The lowest BCUT2D eigenvalue weighted by molar-refractivity contribution is -0.192. The van der Waals surface area contributed by atoms with Crippen molar-refractivity contribution in [3.05, 3.63) is 25.3 Å². The van der Waals surface area contributed by atoms with E-state index in [-0.39, 0.29) is 149 Å². The first-order valence-corrected chi connectivity index (χ1v) is 52.1. The first-order valence-electron chi connectivity index (χ1n) is 52.1. The number of carboxylic acid groups (broad SMARTS) is 2. The Hall–Kier alpha value is -4.68. The van der Waals surface area contributed by atoms with Crippen LogP contribution in [0.3, 0.4) is 0 Å². The molecule has 16 N–H and O–H groups in total. The Labute approximate surface area is 865 Å². The number of carboxylic acids is 2. The maximum absolute atomic E-state index is 13.3. The number of nitrogens with one attached hydrogen (secondary N) is 4. The van der Waals surface area contributed by atoms with E-state index < -0.39 is 49.8 Å². The van der Waals surface area contributed by atoms with Gasteiger partial charge in [-0.05, 0) is 396 Å². The highest BCUT2D eigenvalue weighted by Gasteiger charge is 2.56. The number of allylic oxidation sites excluding steroid dienone is 2. The van der Waals surface area contributed by atoms with E-state index in [0.29, 0.717) is 92.4 Å². The lowest BCUT2D eigenvalue weighted by Crippen LogP contribution is -2.59. The van der Waals surface area contributed by atoms with Crippen LogP contribution in [0.25, 0.3) is 0 Å². The fourth-order valence-corrected chi connectivity index (χ4v) is 21.6. The van der Waals surface area contributed by atoms with Crippen molar-refractivity contribution >= 4 is 77.9 Å². The molecular weight excluding hydrogens is 1800 g/mol. The summed E-state index contributed by atoms with van der Waals surface area (Å²) in [5.74, 6) is 2.52. The van der Waals surface area contributed by atoms with Crippen LogP contribution >= 0.6 is 0 Å². The number of rotatable bonds is 31. The second-order valence-electron chi connectivity index (χ2n) is 51.1. The smallest absolute Gasteiger partial charge is 0.480 e. The number of hydrogen-bond acceptors (Lipinski definition) is 25. The molecule has 6 aliphatic carbocycles. The minimum absolute atomic E-state index is 0. The van der Waals surface area contributed by atoms with Gasteiger partial charge in [0.05, 0.1) is 38.6 Å². The Morgan fingerprint density at radius 2 is 0.613 bits per heavy atom. The fraction of sp³-hybridized carbons (Fsp3) is 0.896. The minimum atomic E-state index is -1.32. The highest BCUT2D eigenvalue weighted by atomic mass is 16.7. The van der Waals surface area contributed by atoms with Gasteiger partial charge >= 0.3 is 54.2 Å². The predicted molar refractivity (Wildman–Crippen MR) is 580 cm³/mol. The van der Waals surface area contributed by atoms with Gasteiger partial charge in [-0.1, -0.05) is 107 Å². The van der Waals surface area contributed by atoms with Crippen LogP contribution in [0.1, 0.15) is 336 Å². The molecule has 142 heavy (non-hydrogen) atoms. The van der Waals surface area contributed by atoms with Gasteiger partial charge in [0.2, 0.25) is 23.6 Å². The molecule has 6 saturated carbocycles. The van der Waals surface area contributed by atoms with E-state index in [0.717, 1.165) is 135 Å². The molecule has 31 nitrogen and oxygen atoms in total. The molecule has 4 amide bonds. The molecule has 0 aromatic rings. The second kappa shape index (κ2) is 59.8. The van der Waals surface area contributed by atoms with Crippen molar-refractivity contribution in [3.63, 3.8) is 0 Å². The summed E-state index contributed by atoms with van der Waals surface area (Å²) in [4.78, 5) is 102. The van der Waals surface area contributed by atoms with Crippen molar-refractivity contribution in [1.29, 1.82) is 0 Å². The van der Waals surface area contributed by atoms with Gasteiger partial charge in [0.25, 0.3) is 0 Å². The zero-order valence-electron chi connectivity index (χ0n) is 94.4. The van der Waals surface area contributed by atoms with E-state index in [4.69, 9.17) is 69.8 Å². The van der Waals surface area contributed by atoms with Crippen LogP contribution in [0.2, 0.25) is 25.3 Å². The molecule has 8 rings (SSSR count). The van der Waals surface area contributed by atoms with Gasteiger partial charge in [-0.15, -0.1) is 13.2 Å². The number of carbonyl (C=O) groups is 6. The van der Waals surface area contributed by atoms with Crippen LogP contribution in [0.4, 0.5) is 0 Å². The molecule has 36 heteroatoms. The largest absolute Gasteiger partial charge is 0.488 e. The van der Waals surface area contributed by atoms with E-state index in [1.165, 1.54) is 20.5 Å². The van der Waals surface area contributed by atoms with Gasteiger partial charge in [0, 0.05) is 72.1 Å². The van der Waals surface area contributed by atoms with Gasteiger partial charge in [0.15, 0.2) is 0 Å². The Balaban J connectivity index is 0. The number of amides is 4. The van der Waals surface area contributed by atoms with E-state index in [1.807, 2.05) is 140 Å². The van der Waals surface area contributed by atoms with Crippen molar-refractivity contribution in [1.82, 2.24) is 45.8 Å². The first kappa shape index (κ1) is 139. The van der Waals surface area contributed by atoms with Crippen molar-refractivity contribution < 1.29 is 97.3 Å². The lowest BCUT2D eigenvalue weighted by Gasteiger charge is -2.45. The molecule has 2 aliphatic heterocycles. The van der Waals surface area contributed by atoms with Gasteiger partial charge < -0.3 is 116 Å². The minimum Gasteiger partial charge on any atom is -0.480 e. The Kier molecular flexibility index (Phi) is 58.7. The summed E-state index contributed by atoms with van der Waals surface area (Å²) >= 11 is 0. The van der Waals surface area contributed by atoms with Crippen LogP contribution < -0.4 is 32.7 Å². The maximum atomic E-state index is 13.3. The highest BCUT2D eigenvalue weighted by Crippen LogP contribution is 2.52. The Morgan fingerprint density at radius 1 is 0.387 bits per heavy atom. The normalized spacial score (nSPS) is 30.1. The van der Waals surface area contributed by atoms with Crippen LogP contribution in [-0.2, 0) is 57.0 Å². The van der Waals surface area contributed by atoms with Gasteiger partial charge in [0.1, 0.15) is 11.1 Å². The quantitative estimate of drug-likeness (QED) is 0.0226. The average molecular weight is 2010 g/mol.